The molecule has 0 radical (unpaired) electrons. The zero-order chi connectivity index (χ0) is 16.4. The summed E-state index contributed by atoms with van der Waals surface area (Å²) in [5, 5.41) is 6.03. The van der Waals surface area contributed by atoms with Gasteiger partial charge < -0.3 is 5.32 Å². The number of unbranched alkanes of at least 4 members (excludes halogenated alkanes) is 1. The molecule has 0 atom stereocenters. The fraction of sp³-hybridized carbons (Fsp3) is 0.706. The van der Waals surface area contributed by atoms with Crippen molar-refractivity contribution in [2.75, 3.05) is 0 Å². The molecule has 1 spiro atoms. The lowest BCUT2D eigenvalue weighted by Gasteiger charge is -2.33. The Kier molecular flexibility index (Phi) is 4.71. The number of rotatable bonds is 5. The molecule has 23 heavy (non-hydrogen) atoms. The van der Waals surface area contributed by atoms with E-state index in [1.165, 1.54) is 4.90 Å². The number of hydrogen-bond acceptors (Lipinski definition) is 4. The van der Waals surface area contributed by atoms with Crippen molar-refractivity contribution in [3.05, 3.63) is 16.1 Å². The van der Waals surface area contributed by atoms with E-state index in [9.17, 15) is 9.59 Å². The number of amides is 3. The zero-order valence-corrected chi connectivity index (χ0v) is 14.7. The molecule has 3 rings (SSSR count). The smallest absolute Gasteiger partial charge is 0.323 e. The summed E-state index contributed by atoms with van der Waals surface area (Å²) < 4.78 is 0. The molecule has 1 saturated carbocycles. The lowest BCUT2D eigenvalue weighted by Crippen LogP contribution is -2.49. The molecular weight excluding hydrogens is 310 g/mol. The molecule has 2 aliphatic rings. The lowest BCUT2D eigenvalue weighted by molar-refractivity contribution is -0.133. The number of nitrogens with one attached hydrogen (secondary N) is 1. The van der Waals surface area contributed by atoms with E-state index in [1.54, 1.807) is 11.3 Å². The molecule has 126 valence electrons. The topological polar surface area (TPSA) is 62.3 Å². The summed E-state index contributed by atoms with van der Waals surface area (Å²) in [4.78, 5) is 31.0. The summed E-state index contributed by atoms with van der Waals surface area (Å²) in [5.74, 6) is 0.580. The first-order valence-corrected chi connectivity index (χ1v) is 9.49. The van der Waals surface area contributed by atoms with Crippen LogP contribution in [0.2, 0.25) is 0 Å². The van der Waals surface area contributed by atoms with Gasteiger partial charge in [-0.2, -0.15) is 0 Å². The Balaban J connectivity index is 1.67. The van der Waals surface area contributed by atoms with Crippen LogP contribution in [0.4, 0.5) is 4.79 Å². The quantitative estimate of drug-likeness (QED) is 0.838. The van der Waals surface area contributed by atoms with E-state index < -0.39 is 5.54 Å². The summed E-state index contributed by atoms with van der Waals surface area (Å²) in [5.41, 5.74) is 0.177. The van der Waals surface area contributed by atoms with Gasteiger partial charge in [0.05, 0.1) is 17.2 Å². The maximum Gasteiger partial charge on any atom is 0.325 e. The summed E-state index contributed by atoms with van der Waals surface area (Å²) in [6.07, 6.45) is 6.75. The van der Waals surface area contributed by atoms with Gasteiger partial charge in [0.2, 0.25) is 0 Å². The third-order valence-electron chi connectivity index (χ3n) is 5.04. The molecule has 3 amide bonds. The van der Waals surface area contributed by atoms with Gasteiger partial charge in [0.1, 0.15) is 5.54 Å². The highest BCUT2D eigenvalue weighted by molar-refractivity contribution is 7.09. The van der Waals surface area contributed by atoms with Crippen LogP contribution >= 0.6 is 11.3 Å². The van der Waals surface area contributed by atoms with Crippen molar-refractivity contribution in [2.45, 2.75) is 70.9 Å². The molecule has 1 N–H and O–H groups in total. The van der Waals surface area contributed by atoms with Gasteiger partial charge in [-0.3, -0.25) is 9.69 Å². The Hall–Kier alpha value is -1.43. The molecule has 2 heterocycles. The maximum atomic E-state index is 12.8. The van der Waals surface area contributed by atoms with Gasteiger partial charge in [-0.15, -0.1) is 11.3 Å². The molecule has 5 nitrogen and oxygen atoms in total. The van der Waals surface area contributed by atoms with E-state index in [4.69, 9.17) is 0 Å². The van der Waals surface area contributed by atoms with Crippen LogP contribution in [0.3, 0.4) is 0 Å². The molecular formula is C17H25N3O2S. The third-order valence-corrected chi connectivity index (χ3v) is 5.99. The summed E-state index contributed by atoms with van der Waals surface area (Å²) in [6, 6.07) is -0.257. The predicted molar refractivity (Wildman–Crippen MR) is 90.2 cm³/mol. The first-order valence-electron chi connectivity index (χ1n) is 8.61. The van der Waals surface area contributed by atoms with Crippen molar-refractivity contribution >= 4 is 23.3 Å². The Morgan fingerprint density at radius 2 is 2.13 bits per heavy atom. The van der Waals surface area contributed by atoms with Crippen LogP contribution < -0.4 is 5.32 Å². The normalized spacial score (nSPS) is 27.7. The van der Waals surface area contributed by atoms with Crippen LogP contribution in [0.25, 0.3) is 0 Å². The van der Waals surface area contributed by atoms with E-state index in [2.05, 4.69) is 24.1 Å². The van der Waals surface area contributed by atoms with Crippen molar-refractivity contribution in [3.8, 4) is 0 Å². The Morgan fingerprint density at radius 3 is 2.83 bits per heavy atom. The summed E-state index contributed by atoms with van der Waals surface area (Å²) in [7, 11) is 0. The minimum absolute atomic E-state index is 0.0579. The van der Waals surface area contributed by atoms with Gasteiger partial charge in [-0.1, -0.05) is 20.3 Å². The Labute approximate surface area is 141 Å². The SMILES string of the molecule is CCCCc1nc(CN2C(=O)NC3(CCC(C)CC3)C2=O)cs1. The Bertz CT molecular complexity index is 590. The van der Waals surface area contributed by atoms with Gasteiger partial charge in [0.15, 0.2) is 0 Å². The fourth-order valence-electron chi connectivity index (χ4n) is 3.44. The van der Waals surface area contributed by atoms with Crippen molar-refractivity contribution < 1.29 is 9.59 Å². The zero-order valence-electron chi connectivity index (χ0n) is 13.9. The molecule has 2 fully saturated rings. The molecule has 6 heteroatoms. The van der Waals surface area contributed by atoms with Crippen molar-refractivity contribution in [3.63, 3.8) is 0 Å². The number of urea groups is 1. The number of aryl methyl sites for hydroxylation is 1. The van der Waals surface area contributed by atoms with E-state index in [-0.39, 0.29) is 11.9 Å². The highest BCUT2D eigenvalue weighted by Crippen LogP contribution is 2.36. The van der Waals surface area contributed by atoms with E-state index in [1.807, 2.05) is 5.38 Å². The molecule has 1 saturated heterocycles. The maximum absolute atomic E-state index is 12.8. The van der Waals surface area contributed by atoms with E-state index in [0.717, 1.165) is 55.6 Å². The second kappa shape index (κ2) is 6.59. The van der Waals surface area contributed by atoms with Crippen LogP contribution in [0.1, 0.15) is 63.1 Å². The number of carbonyl (C=O) groups excluding carboxylic acids is 2. The number of thiazole rings is 1. The third kappa shape index (κ3) is 3.27. The van der Waals surface area contributed by atoms with Crippen LogP contribution in [-0.2, 0) is 17.8 Å². The van der Waals surface area contributed by atoms with Crippen molar-refractivity contribution in [1.82, 2.24) is 15.2 Å². The number of hydrogen-bond donors (Lipinski definition) is 1. The van der Waals surface area contributed by atoms with Gasteiger partial charge in [0.25, 0.3) is 5.91 Å². The minimum atomic E-state index is -0.648. The number of carbonyl (C=O) groups is 2. The van der Waals surface area contributed by atoms with Gasteiger partial charge in [0, 0.05) is 5.38 Å². The monoisotopic (exact) mass is 335 g/mol. The average Bonchev–Trinajstić information content (AvgIpc) is 3.07. The number of imide groups is 1. The lowest BCUT2D eigenvalue weighted by atomic mass is 9.77. The predicted octanol–water partition coefficient (Wildman–Crippen LogP) is 3.49. The fourth-order valence-corrected chi connectivity index (χ4v) is 4.27. The van der Waals surface area contributed by atoms with Crippen molar-refractivity contribution in [1.29, 1.82) is 0 Å². The highest BCUT2D eigenvalue weighted by Gasteiger charge is 2.52. The first-order chi connectivity index (χ1) is 11.0. The van der Waals surface area contributed by atoms with Crippen LogP contribution in [0, 0.1) is 5.92 Å². The van der Waals surface area contributed by atoms with Crippen LogP contribution in [0.5, 0.6) is 0 Å². The summed E-state index contributed by atoms with van der Waals surface area (Å²) in [6.45, 7) is 4.66. The second-order valence-corrected chi connectivity index (χ2v) is 7.86. The molecule has 1 aromatic rings. The largest absolute Gasteiger partial charge is 0.325 e. The Morgan fingerprint density at radius 1 is 1.39 bits per heavy atom. The van der Waals surface area contributed by atoms with Gasteiger partial charge in [-0.25, -0.2) is 9.78 Å². The molecule has 1 aliphatic heterocycles. The molecule has 1 aliphatic carbocycles. The first kappa shape index (κ1) is 16.4. The van der Waals surface area contributed by atoms with Crippen molar-refractivity contribution in [2.24, 2.45) is 5.92 Å². The standard InChI is InChI=1S/C17H25N3O2S/c1-3-4-5-14-18-13(11-23-14)10-20-15(21)17(19-16(20)22)8-6-12(2)7-9-17/h11-12H,3-10H2,1-2H3,(H,19,22). The average molecular weight is 335 g/mol. The molecule has 0 bridgehead atoms. The van der Waals surface area contributed by atoms with Gasteiger partial charge >= 0.3 is 6.03 Å². The highest BCUT2D eigenvalue weighted by atomic mass is 32.1. The van der Waals surface area contributed by atoms with E-state index >= 15 is 0 Å². The second-order valence-electron chi connectivity index (χ2n) is 6.92. The number of nitrogens with zero attached hydrogens (tertiary/aromatic N) is 2. The molecule has 0 unspecified atom stereocenters. The molecule has 0 aromatic carbocycles. The van der Waals surface area contributed by atoms with Crippen LogP contribution in [0.15, 0.2) is 5.38 Å². The molecule has 1 aromatic heterocycles. The van der Waals surface area contributed by atoms with Crippen LogP contribution in [-0.4, -0.2) is 27.4 Å². The minimum Gasteiger partial charge on any atom is -0.323 e. The number of aromatic nitrogens is 1. The van der Waals surface area contributed by atoms with E-state index in [0.29, 0.717) is 12.5 Å². The summed E-state index contributed by atoms with van der Waals surface area (Å²) >= 11 is 1.62. The van der Waals surface area contributed by atoms with Gasteiger partial charge in [-0.05, 0) is 44.4 Å².